The Balaban J connectivity index is 0.00000280. The van der Waals surface area contributed by atoms with Crippen molar-refractivity contribution in [2.75, 3.05) is 31.6 Å². The second-order valence-corrected chi connectivity index (χ2v) is 7.75. The van der Waals surface area contributed by atoms with Crippen LogP contribution in [0.25, 0.3) is 0 Å². The fourth-order valence-corrected chi connectivity index (χ4v) is 3.87. The first-order valence-corrected chi connectivity index (χ1v) is 9.85. The molecule has 152 valence electrons. The number of nitrogens with one attached hydrogen (secondary N) is 3. The quantitative estimate of drug-likeness (QED) is 0.324. The number of piperazine rings is 1. The molecular formula is C19H27IN6OS. The number of guanidine groups is 1. The number of nitrogens with zero attached hydrogens (tertiary/aromatic N) is 3. The van der Waals surface area contributed by atoms with Crippen LogP contribution in [0.5, 0.6) is 0 Å². The van der Waals surface area contributed by atoms with E-state index in [1.165, 1.54) is 4.88 Å². The lowest BCUT2D eigenvalue weighted by Crippen LogP contribution is -2.47. The first-order chi connectivity index (χ1) is 13.0. The SMILES string of the molecule is CN=C(NCc1ccc(N2CCNC(=O)C2)cc1)NCc1sc(C)nc1C.I. The second kappa shape index (κ2) is 10.6. The molecule has 1 aliphatic heterocycles. The van der Waals surface area contributed by atoms with Gasteiger partial charge in [0.2, 0.25) is 5.91 Å². The van der Waals surface area contributed by atoms with Gasteiger partial charge < -0.3 is 20.9 Å². The minimum atomic E-state index is 0. The molecule has 0 unspecified atom stereocenters. The summed E-state index contributed by atoms with van der Waals surface area (Å²) < 4.78 is 0. The van der Waals surface area contributed by atoms with Gasteiger partial charge >= 0.3 is 0 Å². The predicted octanol–water partition coefficient (Wildman–Crippen LogP) is 2.18. The lowest BCUT2D eigenvalue weighted by Gasteiger charge is -2.28. The number of aromatic nitrogens is 1. The topological polar surface area (TPSA) is 81.7 Å². The first-order valence-electron chi connectivity index (χ1n) is 9.03. The fourth-order valence-electron chi connectivity index (χ4n) is 2.99. The van der Waals surface area contributed by atoms with Gasteiger partial charge in [0, 0.05) is 37.2 Å². The largest absolute Gasteiger partial charge is 0.360 e. The highest BCUT2D eigenvalue weighted by Gasteiger charge is 2.16. The zero-order chi connectivity index (χ0) is 19.2. The maximum absolute atomic E-state index is 11.5. The van der Waals surface area contributed by atoms with E-state index in [1.54, 1.807) is 18.4 Å². The van der Waals surface area contributed by atoms with Crippen molar-refractivity contribution >= 4 is 52.9 Å². The van der Waals surface area contributed by atoms with E-state index in [9.17, 15) is 4.79 Å². The molecule has 3 rings (SSSR count). The molecule has 1 aliphatic rings. The van der Waals surface area contributed by atoms with Crippen LogP contribution in [0, 0.1) is 13.8 Å². The number of halogens is 1. The van der Waals surface area contributed by atoms with Gasteiger partial charge in [0.1, 0.15) is 0 Å². The van der Waals surface area contributed by atoms with Crippen molar-refractivity contribution in [2.45, 2.75) is 26.9 Å². The lowest BCUT2D eigenvalue weighted by molar-refractivity contribution is -0.120. The molecule has 3 N–H and O–H groups in total. The van der Waals surface area contributed by atoms with Gasteiger partial charge in [-0.1, -0.05) is 12.1 Å². The Morgan fingerprint density at radius 3 is 2.57 bits per heavy atom. The Labute approximate surface area is 187 Å². The van der Waals surface area contributed by atoms with Crippen LogP contribution in [-0.2, 0) is 17.9 Å². The molecular weight excluding hydrogens is 487 g/mol. The summed E-state index contributed by atoms with van der Waals surface area (Å²) in [6.07, 6.45) is 0. The molecule has 1 aromatic carbocycles. The van der Waals surface area contributed by atoms with E-state index >= 15 is 0 Å². The molecule has 0 aliphatic carbocycles. The van der Waals surface area contributed by atoms with E-state index in [4.69, 9.17) is 0 Å². The summed E-state index contributed by atoms with van der Waals surface area (Å²) in [7, 11) is 1.77. The van der Waals surface area contributed by atoms with E-state index in [2.05, 4.69) is 55.1 Å². The number of aryl methyl sites for hydroxylation is 2. The summed E-state index contributed by atoms with van der Waals surface area (Å²) in [6, 6.07) is 8.29. The number of carbonyl (C=O) groups excluding carboxylic acids is 1. The second-order valence-electron chi connectivity index (χ2n) is 6.46. The first kappa shape index (κ1) is 22.4. The van der Waals surface area contributed by atoms with Crippen LogP contribution in [0.1, 0.15) is 21.1 Å². The van der Waals surface area contributed by atoms with Gasteiger partial charge in [0.15, 0.2) is 5.96 Å². The van der Waals surface area contributed by atoms with Crippen molar-refractivity contribution in [3.63, 3.8) is 0 Å². The number of aliphatic imine (C=N–C) groups is 1. The summed E-state index contributed by atoms with van der Waals surface area (Å²) in [6.45, 7) is 7.41. The van der Waals surface area contributed by atoms with E-state index in [0.29, 0.717) is 26.2 Å². The van der Waals surface area contributed by atoms with Crippen molar-refractivity contribution in [1.29, 1.82) is 0 Å². The fraction of sp³-hybridized carbons (Fsp3) is 0.421. The third-order valence-electron chi connectivity index (χ3n) is 4.44. The highest BCUT2D eigenvalue weighted by atomic mass is 127. The van der Waals surface area contributed by atoms with Crippen molar-refractivity contribution in [3.8, 4) is 0 Å². The van der Waals surface area contributed by atoms with Gasteiger partial charge in [-0.3, -0.25) is 9.79 Å². The molecule has 9 heteroatoms. The average Bonchev–Trinajstić information content (AvgIpc) is 2.99. The molecule has 0 spiro atoms. The number of carbonyl (C=O) groups is 1. The number of thiazole rings is 1. The predicted molar refractivity (Wildman–Crippen MR) is 126 cm³/mol. The highest BCUT2D eigenvalue weighted by molar-refractivity contribution is 14.0. The number of benzene rings is 1. The van der Waals surface area contributed by atoms with Crippen LogP contribution >= 0.6 is 35.3 Å². The summed E-state index contributed by atoms with van der Waals surface area (Å²) >= 11 is 1.71. The molecule has 0 atom stereocenters. The van der Waals surface area contributed by atoms with Crippen LogP contribution in [0.3, 0.4) is 0 Å². The van der Waals surface area contributed by atoms with Gasteiger partial charge in [0.25, 0.3) is 0 Å². The zero-order valence-electron chi connectivity index (χ0n) is 16.4. The van der Waals surface area contributed by atoms with Crippen LogP contribution in [-0.4, -0.2) is 43.5 Å². The van der Waals surface area contributed by atoms with Gasteiger partial charge in [-0.2, -0.15) is 0 Å². The van der Waals surface area contributed by atoms with Crippen LogP contribution in [0.15, 0.2) is 29.3 Å². The maximum Gasteiger partial charge on any atom is 0.239 e. The minimum Gasteiger partial charge on any atom is -0.360 e. The molecule has 7 nitrogen and oxygen atoms in total. The molecule has 1 saturated heterocycles. The monoisotopic (exact) mass is 514 g/mol. The van der Waals surface area contributed by atoms with Crippen LogP contribution in [0.2, 0.25) is 0 Å². The number of anilines is 1. The van der Waals surface area contributed by atoms with E-state index in [-0.39, 0.29) is 29.9 Å². The summed E-state index contributed by atoms with van der Waals surface area (Å²) in [5.74, 6) is 0.838. The summed E-state index contributed by atoms with van der Waals surface area (Å²) in [4.78, 5) is 23.6. The molecule has 2 aromatic rings. The van der Waals surface area contributed by atoms with E-state index in [0.717, 1.165) is 34.5 Å². The van der Waals surface area contributed by atoms with Gasteiger partial charge in [-0.05, 0) is 31.5 Å². The third kappa shape index (κ3) is 6.06. The standard InChI is InChI=1S/C19H26N6OS.HI/c1-13-17(27-14(2)24-13)11-23-19(20-3)22-10-15-4-6-16(7-5-15)25-9-8-21-18(26)12-25;/h4-7H,8-12H2,1-3H3,(H,21,26)(H2,20,22,23);1H. The molecule has 1 aromatic heterocycles. The normalized spacial score (nSPS) is 14.3. The van der Waals surface area contributed by atoms with Crippen molar-refractivity contribution in [3.05, 3.63) is 45.4 Å². The number of rotatable bonds is 5. The molecule has 0 radical (unpaired) electrons. The average molecular weight is 514 g/mol. The summed E-state index contributed by atoms with van der Waals surface area (Å²) in [5, 5.41) is 10.6. The van der Waals surface area contributed by atoms with E-state index < -0.39 is 0 Å². The molecule has 2 heterocycles. The zero-order valence-corrected chi connectivity index (χ0v) is 19.6. The third-order valence-corrected chi connectivity index (χ3v) is 5.51. The van der Waals surface area contributed by atoms with Gasteiger partial charge in [0.05, 0.1) is 23.8 Å². The Morgan fingerprint density at radius 1 is 1.25 bits per heavy atom. The molecule has 0 saturated carbocycles. The molecule has 0 bridgehead atoms. The maximum atomic E-state index is 11.5. The van der Waals surface area contributed by atoms with Gasteiger partial charge in [-0.25, -0.2) is 4.98 Å². The van der Waals surface area contributed by atoms with Crippen molar-refractivity contribution in [2.24, 2.45) is 4.99 Å². The number of amides is 1. The Bertz CT molecular complexity index is 820. The highest BCUT2D eigenvalue weighted by Crippen LogP contribution is 2.17. The van der Waals surface area contributed by atoms with Crippen molar-refractivity contribution < 1.29 is 4.79 Å². The molecule has 1 amide bonds. The van der Waals surface area contributed by atoms with E-state index in [1.807, 2.05) is 13.8 Å². The lowest BCUT2D eigenvalue weighted by atomic mass is 10.2. The van der Waals surface area contributed by atoms with Crippen molar-refractivity contribution in [1.82, 2.24) is 20.9 Å². The molecule has 1 fully saturated rings. The smallest absolute Gasteiger partial charge is 0.239 e. The Hall–Kier alpha value is -1.88. The minimum absolute atomic E-state index is 0. The van der Waals surface area contributed by atoms with Gasteiger partial charge in [-0.15, -0.1) is 35.3 Å². The Kier molecular flexibility index (Phi) is 8.49. The van der Waals surface area contributed by atoms with Crippen LogP contribution in [0.4, 0.5) is 5.69 Å². The van der Waals surface area contributed by atoms with Crippen LogP contribution < -0.4 is 20.9 Å². The number of hydrogen-bond acceptors (Lipinski definition) is 5. The Morgan fingerprint density at radius 2 is 1.96 bits per heavy atom. The summed E-state index contributed by atoms with van der Waals surface area (Å²) in [5.41, 5.74) is 3.31. The molecule has 28 heavy (non-hydrogen) atoms. The number of hydrogen-bond donors (Lipinski definition) is 3.